The lowest BCUT2D eigenvalue weighted by molar-refractivity contribution is 0.0951. The summed E-state index contributed by atoms with van der Waals surface area (Å²) in [7, 11) is 2.03. The second kappa shape index (κ2) is 6.02. The van der Waals surface area contributed by atoms with E-state index < -0.39 is 0 Å². The number of nitrogens with one attached hydrogen (secondary N) is 1. The molecule has 5 heteroatoms. The van der Waals surface area contributed by atoms with Crippen LogP contribution < -0.4 is 16.0 Å². The summed E-state index contributed by atoms with van der Waals surface area (Å²) in [6.45, 7) is 3.14. The Morgan fingerprint density at radius 2 is 2.37 bits per heavy atom. The summed E-state index contributed by atoms with van der Waals surface area (Å²) in [5, 5.41) is 2.76. The zero-order valence-corrected chi connectivity index (χ0v) is 11.6. The van der Waals surface area contributed by atoms with Gasteiger partial charge in [-0.1, -0.05) is 0 Å². The van der Waals surface area contributed by atoms with E-state index in [1.165, 1.54) is 12.8 Å². The maximum Gasteiger partial charge on any atom is 0.269 e. The lowest BCUT2D eigenvalue weighted by Crippen LogP contribution is -2.39. The first kappa shape index (κ1) is 13.8. The Labute approximate surface area is 114 Å². The van der Waals surface area contributed by atoms with E-state index in [2.05, 4.69) is 15.2 Å². The van der Waals surface area contributed by atoms with Crippen LogP contribution in [0.1, 0.15) is 30.3 Å². The van der Waals surface area contributed by atoms with Crippen LogP contribution in [0.5, 0.6) is 0 Å². The van der Waals surface area contributed by atoms with Gasteiger partial charge in [-0.2, -0.15) is 0 Å². The normalized spacial score (nSPS) is 15.9. The molecule has 1 fully saturated rings. The van der Waals surface area contributed by atoms with Crippen molar-refractivity contribution in [2.75, 3.05) is 25.0 Å². The fourth-order valence-corrected chi connectivity index (χ4v) is 2.35. The number of anilines is 1. The molecule has 3 N–H and O–H groups in total. The zero-order chi connectivity index (χ0) is 13.8. The van der Waals surface area contributed by atoms with Crippen molar-refractivity contribution in [3.63, 3.8) is 0 Å². The molecule has 5 nitrogen and oxygen atoms in total. The van der Waals surface area contributed by atoms with Crippen molar-refractivity contribution >= 4 is 11.6 Å². The Morgan fingerprint density at radius 3 is 2.95 bits per heavy atom. The Morgan fingerprint density at radius 1 is 1.63 bits per heavy atom. The number of carbonyl (C=O) groups excluding carboxylic acids is 1. The number of likely N-dealkylation sites (N-methyl/N-ethyl adjacent to an activating group) is 1. The SMILES string of the molecule is CCNC(=O)c1cc(N(C)C(CN)C2CC2)ccn1. The lowest BCUT2D eigenvalue weighted by atomic mass is 10.1. The van der Waals surface area contributed by atoms with Crippen molar-refractivity contribution in [3.05, 3.63) is 24.0 Å². The van der Waals surface area contributed by atoms with Crippen LogP contribution >= 0.6 is 0 Å². The summed E-state index contributed by atoms with van der Waals surface area (Å²) in [5.41, 5.74) is 7.32. The molecule has 0 radical (unpaired) electrons. The first-order valence-corrected chi connectivity index (χ1v) is 6.84. The van der Waals surface area contributed by atoms with E-state index in [1.54, 1.807) is 6.20 Å². The van der Waals surface area contributed by atoms with Gasteiger partial charge in [0.15, 0.2) is 0 Å². The van der Waals surface area contributed by atoms with Gasteiger partial charge in [-0.3, -0.25) is 9.78 Å². The van der Waals surface area contributed by atoms with E-state index in [1.807, 2.05) is 26.1 Å². The van der Waals surface area contributed by atoms with Gasteiger partial charge in [0.05, 0.1) is 0 Å². The topological polar surface area (TPSA) is 71.2 Å². The molecule has 0 bridgehead atoms. The number of amides is 1. The summed E-state index contributed by atoms with van der Waals surface area (Å²) >= 11 is 0. The summed E-state index contributed by atoms with van der Waals surface area (Å²) in [5.74, 6) is 0.560. The van der Waals surface area contributed by atoms with E-state index in [4.69, 9.17) is 5.73 Å². The number of rotatable bonds is 6. The average Bonchev–Trinajstić information content (AvgIpc) is 3.24. The third-order valence-corrected chi connectivity index (χ3v) is 3.63. The van der Waals surface area contributed by atoms with E-state index in [-0.39, 0.29) is 5.91 Å². The van der Waals surface area contributed by atoms with Crippen LogP contribution in [0, 0.1) is 5.92 Å². The molecule has 1 heterocycles. The Bertz CT molecular complexity index is 445. The van der Waals surface area contributed by atoms with E-state index in [0.717, 1.165) is 5.69 Å². The van der Waals surface area contributed by atoms with Crippen LogP contribution in [0.3, 0.4) is 0 Å². The third kappa shape index (κ3) is 3.23. The fourth-order valence-electron chi connectivity index (χ4n) is 2.35. The quantitative estimate of drug-likeness (QED) is 0.802. The monoisotopic (exact) mass is 262 g/mol. The minimum atomic E-state index is -0.131. The summed E-state index contributed by atoms with van der Waals surface area (Å²) in [4.78, 5) is 18.1. The van der Waals surface area contributed by atoms with Gasteiger partial charge in [0, 0.05) is 38.1 Å². The highest BCUT2D eigenvalue weighted by Gasteiger charge is 2.33. The number of nitrogens with two attached hydrogens (primary N) is 1. The predicted octanol–water partition coefficient (Wildman–Crippen LogP) is 1.00. The van der Waals surface area contributed by atoms with E-state index in [9.17, 15) is 4.79 Å². The summed E-state index contributed by atoms with van der Waals surface area (Å²) in [6, 6.07) is 4.11. The van der Waals surface area contributed by atoms with Crippen molar-refractivity contribution in [2.24, 2.45) is 11.7 Å². The third-order valence-electron chi connectivity index (χ3n) is 3.63. The molecule has 2 rings (SSSR count). The second-order valence-electron chi connectivity index (χ2n) is 5.01. The molecule has 1 saturated carbocycles. The van der Waals surface area contributed by atoms with Crippen molar-refractivity contribution < 1.29 is 4.79 Å². The highest BCUT2D eigenvalue weighted by atomic mass is 16.1. The molecular formula is C14H22N4O. The van der Waals surface area contributed by atoms with E-state index in [0.29, 0.717) is 30.7 Å². The van der Waals surface area contributed by atoms with Crippen LogP contribution in [-0.4, -0.2) is 37.1 Å². The van der Waals surface area contributed by atoms with Gasteiger partial charge >= 0.3 is 0 Å². The Kier molecular flexibility index (Phi) is 4.37. The summed E-state index contributed by atoms with van der Waals surface area (Å²) in [6.07, 6.45) is 4.18. The zero-order valence-electron chi connectivity index (χ0n) is 11.6. The molecular weight excluding hydrogens is 240 g/mol. The summed E-state index contributed by atoms with van der Waals surface area (Å²) < 4.78 is 0. The Hall–Kier alpha value is -1.62. The van der Waals surface area contributed by atoms with Gasteiger partial charge in [0.1, 0.15) is 5.69 Å². The Balaban J connectivity index is 2.15. The molecule has 1 unspecified atom stereocenters. The maximum atomic E-state index is 11.8. The number of aromatic nitrogens is 1. The number of hydrogen-bond donors (Lipinski definition) is 2. The maximum absolute atomic E-state index is 11.8. The molecule has 1 aliphatic rings. The largest absolute Gasteiger partial charge is 0.370 e. The van der Waals surface area contributed by atoms with Gasteiger partial charge < -0.3 is 16.0 Å². The van der Waals surface area contributed by atoms with Gasteiger partial charge in [-0.15, -0.1) is 0 Å². The fraction of sp³-hybridized carbons (Fsp3) is 0.571. The second-order valence-corrected chi connectivity index (χ2v) is 5.01. The van der Waals surface area contributed by atoms with Crippen LogP contribution in [0.15, 0.2) is 18.3 Å². The molecule has 1 atom stereocenters. The molecule has 104 valence electrons. The minimum Gasteiger partial charge on any atom is -0.370 e. The minimum absolute atomic E-state index is 0.131. The average molecular weight is 262 g/mol. The first-order valence-electron chi connectivity index (χ1n) is 6.84. The highest BCUT2D eigenvalue weighted by molar-refractivity contribution is 5.93. The molecule has 0 aliphatic heterocycles. The molecule has 0 aromatic carbocycles. The molecule has 1 aromatic heterocycles. The lowest BCUT2D eigenvalue weighted by Gasteiger charge is -2.29. The molecule has 1 amide bonds. The number of nitrogens with zero attached hydrogens (tertiary/aromatic N) is 2. The van der Waals surface area contributed by atoms with Crippen LogP contribution in [-0.2, 0) is 0 Å². The van der Waals surface area contributed by atoms with Crippen molar-refractivity contribution in [3.8, 4) is 0 Å². The smallest absolute Gasteiger partial charge is 0.269 e. The van der Waals surface area contributed by atoms with Crippen LogP contribution in [0.4, 0.5) is 5.69 Å². The predicted molar refractivity (Wildman–Crippen MR) is 76.2 cm³/mol. The number of hydrogen-bond acceptors (Lipinski definition) is 4. The molecule has 0 spiro atoms. The van der Waals surface area contributed by atoms with Gasteiger partial charge in [-0.25, -0.2) is 0 Å². The van der Waals surface area contributed by atoms with Gasteiger partial charge in [-0.05, 0) is 37.8 Å². The number of pyridine rings is 1. The van der Waals surface area contributed by atoms with Gasteiger partial charge in [0.25, 0.3) is 5.91 Å². The van der Waals surface area contributed by atoms with Crippen molar-refractivity contribution in [1.82, 2.24) is 10.3 Å². The van der Waals surface area contributed by atoms with Crippen LogP contribution in [0.25, 0.3) is 0 Å². The molecule has 0 saturated heterocycles. The molecule has 1 aliphatic carbocycles. The van der Waals surface area contributed by atoms with E-state index >= 15 is 0 Å². The molecule has 19 heavy (non-hydrogen) atoms. The van der Waals surface area contributed by atoms with Gasteiger partial charge in [0.2, 0.25) is 0 Å². The van der Waals surface area contributed by atoms with Crippen molar-refractivity contribution in [1.29, 1.82) is 0 Å². The number of carbonyl (C=O) groups is 1. The molecule has 1 aromatic rings. The van der Waals surface area contributed by atoms with Crippen molar-refractivity contribution in [2.45, 2.75) is 25.8 Å². The highest BCUT2D eigenvalue weighted by Crippen LogP contribution is 2.36. The first-order chi connectivity index (χ1) is 9.17. The van der Waals surface area contributed by atoms with Crippen LogP contribution in [0.2, 0.25) is 0 Å². The standard InChI is InChI=1S/C14H22N4O/c1-3-16-14(19)12-8-11(6-7-17-12)18(2)13(9-15)10-4-5-10/h6-8,10,13H,3-5,9,15H2,1-2H3,(H,16,19).